The van der Waals surface area contributed by atoms with Crippen molar-refractivity contribution in [2.45, 2.75) is 25.8 Å². The molecule has 0 radical (unpaired) electrons. The molecular weight excluding hydrogens is 130 g/mol. The van der Waals surface area contributed by atoms with E-state index in [2.05, 4.69) is 0 Å². The van der Waals surface area contributed by atoms with Gasteiger partial charge in [0.25, 0.3) is 0 Å². The van der Waals surface area contributed by atoms with Crippen LogP contribution in [0.5, 0.6) is 0 Å². The van der Waals surface area contributed by atoms with Gasteiger partial charge in [-0.25, -0.2) is 0 Å². The summed E-state index contributed by atoms with van der Waals surface area (Å²) < 4.78 is 0. The Morgan fingerprint density at radius 3 is 2.80 bits per heavy atom. The highest BCUT2D eigenvalue weighted by molar-refractivity contribution is 5.67. The maximum atomic E-state index is 10.1. The van der Waals surface area contributed by atoms with Crippen LogP contribution in [0, 0.1) is 0 Å². The van der Waals surface area contributed by atoms with E-state index in [1.54, 1.807) is 6.08 Å². The van der Waals surface area contributed by atoms with E-state index < -0.39 is 5.97 Å². The molecule has 0 spiro atoms. The van der Waals surface area contributed by atoms with Gasteiger partial charge in [0.2, 0.25) is 0 Å². The van der Waals surface area contributed by atoms with Crippen molar-refractivity contribution >= 4 is 5.97 Å². The van der Waals surface area contributed by atoms with E-state index in [0.717, 1.165) is 6.42 Å². The Bertz CT molecular complexity index is 132. The Morgan fingerprint density at radius 2 is 2.40 bits per heavy atom. The minimum absolute atomic E-state index is 0.0104. The van der Waals surface area contributed by atoms with Crippen LogP contribution in [0.4, 0.5) is 0 Å². The molecule has 3 N–H and O–H groups in total. The zero-order valence-corrected chi connectivity index (χ0v) is 6.08. The van der Waals surface area contributed by atoms with Crippen LogP contribution in [-0.2, 0) is 4.79 Å². The number of rotatable bonds is 4. The van der Waals surface area contributed by atoms with Gasteiger partial charge in [-0.05, 0) is 6.42 Å². The summed E-state index contributed by atoms with van der Waals surface area (Å²) in [6.07, 6.45) is 4.49. The molecular formula is C7H13NO2. The molecule has 0 amide bonds. The van der Waals surface area contributed by atoms with Crippen molar-refractivity contribution in [3.63, 3.8) is 0 Å². The molecule has 1 unspecified atom stereocenters. The van der Waals surface area contributed by atoms with Crippen LogP contribution in [-0.4, -0.2) is 17.1 Å². The highest BCUT2D eigenvalue weighted by Crippen LogP contribution is 1.91. The first-order valence-electron chi connectivity index (χ1n) is 3.30. The van der Waals surface area contributed by atoms with E-state index in [1.165, 1.54) is 0 Å². The first-order chi connectivity index (χ1) is 4.66. The Morgan fingerprint density at radius 1 is 1.80 bits per heavy atom. The number of nitrogens with two attached hydrogens (primary N) is 1. The SMILES string of the molecule is CC/C=C/C(N)CC(=O)O. The van der Waals surface area contributed by atoms with Gasteiger partial charge >= 0.3 is 5.97 Å². The second-order valence-electron chi connectivity index (χ2n) is 2.10. The van der Waals surface area contributed by atoms with Crippen LogP contribution in [0.25, 0.3) is 0 Å². The van der Waals surface area contributed by atoms with E-state index in [1.807, 2.05) is 13.0 Å². The van der Waals surface area contributed by atoms with E-state index in [4.69, 9.17) is 10.8 Å². The molecule has 3 heteroatoms. The number of allylic oxidation sites excluding steroid dienone is 1. The quantitative estimate of drug-likeness (QED) is 0.571. The van der Waals surface area contributed by atoms with Crippen LogP contribution in [0.2, 0.25) is 0 Å². The van der Waals surface area contributed by atoms with Crippen LogP contribution < -0.4 is 5.73 Å². The Balaban J connectivity index is 3.52. The molecule has 0 aromatic carbocycles. The zero-order chi connectivity index (χ0) is 7.98. The second-order valence-corrected chi connectivity index (χ2v) is 2.10. The van der Waals surface area contributed by atoms with Crippen LogP contribution in [0.15, 0.2) is 12.2 Å². The van der Waals surface area contributed by atoms with Gasteiger partial charge in [0, 0.05) is 6.04 Å². The molecule has 0 aliphatic heterocycles. The highest BCUT2D eigenvalue weighted by atomic mass is 16.4. The molecule has 0 heterocycles. The van der Waals surface area contributed by atoms with E-state index >= 15 is 0 Å². The van der Waals surface area contributed by atoms with Gasteiger partial charge in [0.05, 0.1) is 6.42 Å². The normalized spacial score (nSPS) is 13.8. The molecule has 0 saturated carbocycles. The van der Waals surface area contributed by atoms with Crippen LogP contribution in [0.3, 0.4) is 0 Å². The summed E-state index contributed by atoms with van der Waals surface area (Å²) >= 11 is 0. The van der Waals surface area contributed by atoms with Crippen molar-refractivity contribution < 1.29 is 9.90 Å². The summed E-state index contributed by atoms with van der Waals surface area (Å²) in [5.74, 6) is -0.853. The number of aliphatic carboxylic acids is 1. The lowest BCUT2D eigenvalue weighted by Crippen LogP contribution is -2.20. The van der Waals surface area contributed by atoms with Crippen molar-refractivity contribution in [3.05, 3.63) is 12.2 Å². The largest absolute Gasteiger partial charge is 0.481 e. The number of hydrogen-bond acceptors (Lipinski definition) is 2. The van der Waals surface area contributed by atoms with E-state index in [0.29, 0.717) is 0 Å². The van der Waals surface area contributed by atoms with Crippen LogP contribution in [0.1, 0.15) is 19.8 Å². The topological polar surface area (TPSA) is 63.3 Å². The summed E-state index contributed by atoms with van der Waals surface area (Å²) in [4.78, 5) is 10.1. The van der Waals surface area contributed by atoms with Crippen molar-refractivity contribution in [1.29, 1.82) is 0 Å². The minimum Gasteiger partial charge on any atom is -0.481 e. The van der Waals surface area contributed by atoms with Gasteiger partial charge in [-0.1, -0.05) is 19.1 Å². The van der Waals surface area contributed by atoms with Crippen molar-refractivity contribution in [1.82, 2.24) is 0 Å². The van der Waals surface area contributed by atoms with Gasteiger partial charge in [0.1, 0.15) is 0 Å². The molecule has 3 nitrogen and oxygen atoms in total. The third kappa shape index (κ3) is 5.31. The molecule has 0 aliphatic rings. The summed E-state index contributed by atoms with van der Waals surface area (Å²) in [6.45, 7) is 1.98. The van der Waals surface area contributed by atoms with Gasteiger partial charge in [-0.3, -0.25) is 4.79 Å². The Kier molecular flexibility index (Phi) is 4.58. The standard InChI is InChI=1S/C7H13NO2/c1-2-3-4-6(8)5-7(9)10/h3-4,6H,2,5,8H2,1H3,(H,9,10)/b4-3+. The van der Waals surface area contributed by atoms with Crippen molar-refractivity contribution in [2.24, 2.45) is 5.73 Å². The van der Waals surface area contributed by atoms with E-state index in [-0.39, 0.29) is 12.5 Å². The highest BCUT2D eigenvalue weighted by Gasteiger charge is 2.02. The minimum atomic E-state index is -0.853. The van der Waals surface area contributed by atoms with Gasteiger partial charge in [-0.2, -0.15) is 0 Å². The molecule has 0 bridgehead atoms. The smallest absolute Gasteiger partial charge is 0.305 e. The first-order valence-corrected chi connectivity index (χ1v) is 3.30. The third-order valence-electron chi connectivity index (χ3n) is 1.03. The van der Waals surface area contributed by atoms with Gasteiger partial charge in [0.15, 0.2) is 0 Å². The lowest BCUT2D eigenvalue weighted by Gasteiger charge is -1.99. The fourth-order valence-corrected chi connectivity index (χ4v) is 0.581. The maximum Gasteiger partial charge on any atom is 0.305 e. The maximum absolute atomic E-state index is 10.1. The van der Waals surface area contributed by atoms with Gasteiger partial charge in [-0.15, -0.1) is 0 Å². The Labute approximate surface area is 60.5 Å². The third-order valence-corrected chi connectivity index (χ3v) is 1.03. The average molecular weight is 143 g/mol. The van der Waals surface area contributed by atoms with Crippen molar-refractivity contribution in [2.75, 3.05) is 0 Å². The molecule has 0 saturated heterocycles. The Hall–Kier alpha value is -0.830. The predicted molar refractivity (Wildman–Crippen MR) is 39.7 cm³/mol. The summed E-state index contributed by atoms with van der Waals surface area (Å²) in [6, 6.07) is -0.336. The summed E-state index contributed by atoms with van der Waals surface area (Å²) in [7, 11) is 0. The summed E-state index contributed by atoms with van der Waals surface area (Å²) in [5, 5.41) is 8.27. The monoisotopic (exact) mass is 143 g/mol. The number of hydrogen-bond donors (Lipinski definition) is 2. The number of carboxylic acid groups (broad SMARTS) is 1. The molecule has 0 fully saturated rings. The molecule has 0 aliphatic carbocycles. The fourth-order valence-electron chi connectivity index (χ4n) is 0.581. The molecule has 1 atom stereocenters. The first kappa shape index (κ1) is 9.17. The van der Waals surface area contributed by atoms with Gasteiger partial charge < -0.3 is 10.8 Å². The molecule has 10 heavy (non-hydrogen) atoms. The molecule has 0 aromatic rings. The molecule has 58 valence electrons. The number of carbonyl (C=O) groups is 1. The van der Waals surface area contributed by atoms with Crippen LogP contribution >= 0.6 is 0 Å². The van der Waals surface area contributed by atoms with Crippen molar-refractivity contribution in [3.8, 4) is 0 Å². The average Bonchev–Trinajstić information content (AvgIpc) is 1.82. The molecule has 0 aromatic heterocycles. The number of carboxylic acids is 1. The summed E-state index contributed by atoms with van der Waals surface area (Å²) in [5.41, 5.74) is 5.39. The lowest BCUT2D eigenvalue weighted by molar-refractivity contribution is -0.137. The fraction of sp³-hybridized carbons (Fsp3) is 0.571. The second kappa shape index (κ2) is 4.99. The predicted octanol–water partition coefficient (Wildman–Crippen LogP) is 0.755. The van der Waals surface area contributed by atoms with E-state index in [9.17, 15) is 4.79 Å². The molecule has 0 rings (SSSR count). The zero-order valence-electron chi connectivity index (χ0n) is 6.08. The lowest BCUT2D eigenvalue weighted by atomic mass is 10.2.